The minimum absolute atomic E-state index is 0.529. The average Bonchev–Trinajstić information content (AvgIpc) is 2.97. The highest BCUT2D eigenvalue weighted by Gasteiger charge is 2.23. The lowest BCUT2D eigenvalue weighted by molar-refractivity contribution is 0.267. The molecule has 1 aliphatic heterocycles. The van der Waals surface area contributed by atoms with Gasteiger partial charge in [-0.1, -0.05) is 37.0 Å². The number of hydrogen-bond acceptors (Lipinski definition) is 3. The summed E-state index contributed by atoms with van der Waals surface area (Å²) in [6.07, 6.45) is 1.91. The van der Waals surface area contributed by atoms with Crippen molar-refractivity contribution in [3.63, 3.8) is 0 Å². The van der Waals surface area contributed by atoms with Crippen LogP contribution in [0.5, 0.6) is 5.75 Å². The minimum Gasteiger partial charge on any atom is -0.490 e. The molecule has 0 spiro atoms. The summed E-state index contributed by atoms with van der Waals surface area (Å²) in [6, 6.07) is 3.78. The van der Waals surface area contributed by atoms with Crippen molar-refractivity contribution < 1.29 is 4.74 Å². The average molecular weight is 354 g/mol. The van der Waals surface area contributed by atoms with Gasteiger partial charge in [0.2, 0.25) is 0 Å². The number of nitrogens with one attached hydrogen (secondary N) is 1. The first-order valence-corrected chi connectivity index (χ1v) is 8.80. The van der Waals surface area contributed by atoms with Gasteiger partial charge in [-0.2, -0.15) is 5.10 Å². The largest absolute Gasteiger partial charge is 0.490 e. The summed E-state index contributed by atoms with van der Waals surface area (Å²) in [4.78, 5) is 2.41. The summed E-state index contributed by atoms with van der Waals surface area (Å²) in [6.45, 7) is 7.83. The fourth-order valence-corrected chi connectivity index (χ4v) is 3.49. The molecule has 0 atom stereocenters. The smallest absolute Gasteiger partial charge is 0.156 e. The fraction of sp³-hybridized carbons (Fsp3) is 0.471. The maximum Gasteiger partial charge on any atom is 0.156 e. The molecular weight excluding hydrogens is 333 g/mol. The Balaban J connectivity index is 1.96. The second-order valence-corrected chi connectivity index (χ2v) is 6.58. The Labute approximate surface area is 146 Å². The molecule has 0 radical (unpaired) electrons. The van der Waals surface area contributed by atoms with Crippen LogP contribution in [-0.4, -0.2) is 34.8 Å². The van der Waals surface area contributed by atoms with Crippen LogP contribution in [-0.2, 0) is 13.0 Å². The molecule has 3 rings (SSSR count). The normalized spacial score (nSPS) is 14.8. The number of H-pyrrole nitrogens is 1. The van der Waals surface area contributed by atoms with Crippen LogP contribution in [0.25, 0.3) is 11.3 Å². The molecule has 1 aromatic heterocycles. The number of fused-ring (bicyclic) bond motifs is 1. The molecular formula is C17H21Cl2N3O. The molecule has 1 N–H and O–H groups in total. The van der Waals surface area contributed by atoms with Gasteiger partial charge < -0.3 is 4.74 Å². The standard InChI is InChI=1S/C17H21Cl2N3O/c1-3-7-23-17-13(18)8-11(9-14(17)19)16-12-10-22(4-2)6-5-15(12)20-21-16/h8-9H,3-7,10H2,1-2H3,(H,20,21). The number of halogens is 2. The zero-order valence-corrected chi connectivity index (χ0v) is 15.0. The summed E-state index contributed by atoms with van der Waals surface area (Å²) in [5.41, 5.74) is 4.32. The van der Waals surface area contributed by atoms with E-state index in [4.69, 9.17) is 27.9 Å². The molecule has 1 aliphatic rings. The number of rotatable bonds is 5. The van der Waals surface area contributed by atoms with Crippen molar-refractivity contribution in [2.24, 2.45) is 0 Å². The van der Waals surface area contributed by atoms with Crippen LogP contribution in [0.2, 0.25) is 10.0 Å². The van der Waals surface area contributed by atoms with Gasteiger partial charge in [-0.05, 0) is 25.1 Å². The number of nitrogens with zero attached hydrogens (tertiary/aromatic N) is 2. The van der Waals surface area contributed by atoms with Gasteiger partial charge in [0.25, 0.3) is 0 Å². The molecule has 1 aromatic carbocycles. The molecule has 4 nitrogen and oxygen atoms in total. The van der Waals surface area contributed by atoms with Crippen LogP contribution >= 0.6 is 23.2 Å². The highest BCUT2D eigenvalue weighted by molar-refractivity contribution is 6.37. The van der Waals surface area contributed by atoms with Crippen molar-refractivity contribution in [3.8, 4) is 17.0 Å². The van der Waals surface area contributed by atoms with Gasteiger partial charge in [0.15, 0.2) is 5.75 Å². The van der Waals surface area contributed by atoms with Crippen molar-refractivity contribution in [1.29, 1.82) is 0 Å². The number of ether oxygens (including phenoxy) is 1. The van der Waals surface area contributed by atoms with E-state index in [9.17, 15) is 0 Å². The third kappa shape index (κ3) is 3.35. The first kappa shape index (κ1) is 16.6. The number of likely N-dealkylation sites (N-methyl/N-ethyl adjacent to an activating group) is 1. The van der Waals surface area contributed by atoms with Crippen LogP contribution in [0.15, 0.2) is 12.1 Å². The van der Waals surface area contributed by atoms with Crippen LogP contribution in [0.4, 0.5) is 0 Å². The molecule has 0 saturated heterocycles. The van der Waals surface area contributed by atoms with Gasteiger partial charge in [0.05, 0.1) is 22.3 Å². The molecule has 0 bridgehead atoms. The van der Waals surface area contributed by atoms with Crippen LogP contribution < -0.4 is 4.74 Å². The van der Waals surface area contributed by atoms with E-state index in [1.165, 1.54) is 11.3 Å². The van der Waals surface area contributed by atoms with E-state index < -0.39 is 0 Å². The van der Waals surface area contributed by atoms with Crippen LogP contribution in [0.1, 0.15) is 31.5 Å². The Morgan fingerprint density at radius 2 is 2.00 bits per heavy atom. The molecule has 0 aliphatic carbocycles. The molecule has 0 saturated carbocycles. The van der Waals surface area contributed by atoms with Crippen LogP contribution in [0.3, 0.4) is 0 Å². The van der Waals surface area contributed by atoms with Crippen LogP contribution in [0, 0.1) is 0 Å². The zero-order chi connectivity index (χ0) is 16.4. The second kappa shape index (κ2) is 7.12. The third-order valence-corrected chi connectivity index (χ3v) is 4.74. The van der Waals surface area contributed by atoms with Gasteiger partial charge in [0, 0.05) is 36.3 Å². The lowest BCUT2D eigenvalue weighted by Crippen LogP contribution is -2.30. The van der Waals surface area contributed by atoms with Crippen molar-refractivity contribution in [2.45, 2.75) is 33.2 Å². The zero-order valence-electron chi connectivity index (χ0n) is 13.5. The lowest BCUT2D eigenvalue weighted by Gasteiger charge is -2.25. The van der Waals surface area contributed by atoms with Gasteiger partial charge in [-0.25, -0.2) is 0 Å². The maximum atomic E-state index is 6.37. The van der Waals surface area contributed by atoms with Gasteiger partial charge >= 0.3 is 0 Å². The number of hydrogen-bond donors (Lipinski definition) is 1. The monoisotopic (exact) mass is 353 g/mol. The summed E-state index contributed by atoms with van der Waals surface area (Å²) in [5, 5.41) is 8.72. The van der Waals surface area contributed by atoms with E-state index in [0.717, 1.165) is 43.7 Å². The lowest BCUT2D eigenvalue weighted by atomic mass is 10.0. The Kier molecular flexibility index (Phi) is 5.14. The fourth-order valence-electron chi connectivity index (χ4n) is 2.90. The van der Waals surface area contributed by atoms with Crippen molar-refractivity contribution in [2.75, 3.05) is 19.7 Å². The highest BCUT2D eigenvalue weighted by atomic mass is 35.5. The van der Waals surface area contributed by atoms with Gasteiger partial charge in [-0.3, -0.25) is 10.00 Å². The molecule has 6 heteroatoms. The predicted octanol–water partition coefficient (Wildman–Crippen LogP) is 4.55. The number of aromatic amines is 1. The Bertz CT molecular complexity index is 676. The van der Waals surface area contributed by atoms with E-state index in [2.05, 4.69) is 22.0 Å². The quantitative estimate of drug-likeness (QED) is 0.856. The molecule has 23 heavy (non-hydrogen) atoms. The predicted molar refractivity (Wildman–Crippen MR) is 94.5 cm³/mol. The maximum absolute atomic E-state index is 6.37. The second-order valence-electron chi connectivity index (χ2n) is 5.77. The Morgan fingerprint density at radius 3 is 2.65 bits per heavy atom. The highest BCUT2D eigenvalue weighted by Crippen LogP contribution is 2.39. The van der Waals surface area contributed by atoms with E-state index in [-0.39, 0.29) is 0 Å². The summed E-state index contributed by atoms with van der Waals surface area (Å²) < 4.78 is 5.64. The van der Waals surface area contributed by atoms with Crippen molar-refractivity contribution in [1.82, 2.24) is 15.1 Å². The summed E-state index contributed by atoms with van der Waals surface area (Å²) in [7, 11) is 0. The van der Waals surface area contributed by atoms with Crippen molar-refractivity contribution >= 4 is 23.2 Å². The Morgan fingerprint density at radius 1 is 1.26 bits per heavy atom. The molecule has 124 valence electrons. The van der Waals surface area contributed by atoms with E-state index in [0.29, 0.717) is 22.4 Å². The molecule has 0 amide bonds. The third-order valence-electron chi connectivity index (χ3n) is 4.18. The first-order chi connectivity index (χ1) is 11.1. The minimum atomic E-state index is 0.529. The summed E-state index contributed by atoms with van der Waals surface area (Å²) in [5.74, 6) is 0.554. The van der Waals surface area contributed by atoms with E-state index in [1.807, 2.05) is 19.1 Å². The SMILES string of the molecule is CCCOc1c(Cl)cc(-c2n[nH]c3c2CN(CC)CC3)cc1Cl. The molecule has 2 heterocycles. The topological polar surface area (TPSA) is 41.1 Å². The van der Waals surface area contributed by atoms with Crippen molar-refractivity contribution in [3.05, 3.63) is 33.4 Å². The molecule has 0 fully saturated rings. The van der Waals surface area contributed by atoms with E-state index >= 15 is 0 Å². The number of benzene rings is 1. The summed E-state index contributed by atoms with van der Waals surface area (Å²) >= 11 is 12.7. The molecule has 2 aromatic rings. The van der Waals surface area contributed by atoms with E-state index in [1.54, 1.807) is 0 Å². The first-order valence-electron chi connectivity index (χ1n) is 8.04. The Hall–Kier alpha value is -1.23. The van der Waals surface area contributed by atoms with Gasteiger partial charge in [-0.15, -0.1) is 0 Å². The molecule has 0 unspecified atom stereocenters. The number of aromatic nitrogens is 2. The van der Waals surface area contributed by atoms with Gasteiger partial charge in [0.1, 0.15) is 0 Å².